The van der Waals surface area contributed by atoms with Gasteiger partial charge in [0.1, 0.15) is 0 Å². The van der Waals surface area contributed by atoms with Crippen molar-refractivity contribution in [3.05, 3.63) is 60.0 Å². The Morgan fingerprint density at radius 2 is 1.71 bits per heavy atom. The molecule has 0 aliphatic rings. The summed E-state index contributed by atoms with van der Waals surface area (Å²) in [5.41, 5.74) is 3.64. The van der Waals surface area contributed by atoms with Crippen LogP contribution in [0.15, 0.2) is 57.7 Å². The molecule has 2 heterocycles. The lowest BCUT2D eigenvalue weighted by atomic mass is 9.96. The zero-order chi connectivity index (χ0) is 17.2. The lowest BCUT2D eigenvalue weighted by Crippen LogP contribution is -2.04. The van der Waals surface area contributed by atoms with E-state index in [1.54, 1.807) is 25.1 Å². The molecule has 2 rings (SSSR count). The van der Waals surface area contributed by atoms with Gasteiger partial charge in [-0.05, 0) is 80.7 Å². The van der Waals surface area contributed by atoms with Crippen molar-refractivity contribution in [2.75, 3.05) is 0 Å². The number of rotatable bonds is 11. The van der Waals surface area contributed by atoms with Gasteiger partial charge in [-0.25, -0.2) is 0 Å². The second-order valence-corrected chi connectivity index (χ2v) is 6.78. The van der Waals surface area contributed by atoms with Gasteiger partial charge in [0.2, 0.25) is 0 Å². The number of ketones is 1. The molecule has 0 fully saturated rings. The monoisotopic (exact) mass is 328 g/mol. The second kappa shape index (κ2) is 9.96. The van der Waals surface area contributed by atoms with E-state index in [9.17, 15) is 4.79 Å². The quantitative estimate of drug-likeness (QED) is 0.492. The lowest BCUT2D eigenvalue weighted by molar-refractivity contribution is -0.115. The highest BCUT2D eigenvalue weighted by atomic mass is 16.3. The van der Waals surface area contributed by atoms with E-state index in [1.165, 1.54) is 16.7 Å². The summed E-state index contributed by atoms with van der Waals surface area (Å²) in [7, 11) is 0. The smallest absolute Gasteiger partial charge is 0.155 e. The number of allylic oxidation sites excluding steroid dienone is 2. The highest BCUT2D eigenvalue weighted by Crippen LogP contribution is 2.16. The van der Waals surface area contributed by atoms with Crippen molar-refractivity contribution in [1.29, 1.82) is 0 Å². The van der Waals surface area contributed by atoms with Crippen molar-refractivity contribution < 1.29 is 13.6 Å². The van der Waals surface area contributed by atoms with Crippen LogP contribution in [0.1, 0.15) is 57.1 Å². The van der Waals surface area contributed by atoms with E-state index in [-0.39, 0.29) is 5.78 Å². The fraction of sp³-hybridized carbons (Fsp3) is 0.476. The molecule has 0 aliphatic carbocycles. The molecule has 1 atom stereocenters. The van der Waals surface area contributed by atoms with Crippen molar-refractivity contribution in [2.45, 2.75) is 58.8 Å². The van der Waals surface area contributed by atoms with Crippen LogP contribution < -0.4 is 0 Å². The lowest BCUT2D eigenvalue weighted by Gasteiger charge is -2.09. The molecule has 3 nitrogen and oxygen atoms in total. The number of hydrogen-bond donors (Lipinski definition) is 0. The van der Waals surface area contributed by atoms with E-state index in [0.717, 1.165) is 38.5 Å². The van der Waals surface area contributed by atoms with Crippen molar-refractivity contribution in [1.82, 2.24) is 0 Å². The molecular weight excluding hydrogens is 300 g/mol. The van der Waals surface area contributed by atoms with Gasteiger partial charge < -0.3 is 8.83 Å². The Morgan fingerprint density at radius 3 is 2.29 bits per heavy atom. The minimum Gasteiger partial charge on any atom is -0.472 e. The minimum absolute atomic E-state index is 0.256. The van der Waals surface area contributed by atoms with Crippen molar-refractivity contribution in [3.63, 3.8) is 0 Å². The van der Waals surface area contributed by atoms with Crippen LogP contribution >= 0.6 is 0 Å². The fourth-order valence-electron chi connectivity index (χ4n) is 2.95. The zero-order valence-corrected chi connectivity index (χ0v) is 14.8. The predicted octanol–water partition coefficient (Wildman–Crippen LogP) is 5.76. The summed E-state index contributed by atoms with van der Waals surface area (Å²) < 4.78 is 10.1. The minimum atomic E-state index is 0.256. The molecule has 0 N–H and O–H groups in total. The standard InChI is InChI=1S/C21H28O3/c1-17(5-3-7-19-9-11-23-15-19)13-21(22)14-18(2)6-4-8-20-10-12-24-16-20/h9-13,15-16,18H,3-8,14H2,1-2H3. The maximum absolute atomic E-state index is 12.1. The first-order valence-electron chi connectivity index (χ1n) is 8.85. The Bertz CT molecular complexity index is 606. The Labute approximate surface area is 144 Å². The van der Waals surface area contributed by atoms with Crippen LogP contribution in [0.4, 0.5) is 0 Å². The van der Waals surface area contributed by atoms with Crippen LogP contribution in [0.2, 0.25) is 0 Å². The molecule has 2 aromatic heterocycles. The first kappa shape index (κ1) is 18.3. The summed E-state index contributed by atoms with van der Waals surface area (Å²) in [6.07, 6.45) is 15.7. The largest absolute Gasteiger partial charge is 0.472 e. The van der Waals surface area contributed by atoms with Gasteiger partial charge in [0, 0.05) is 6.42 Å². The average Bonchev–Trinajstić information content (AvgIpc) is 3.20. The zero-order valence-electron chi connectivity index (χ0n) is 14.8. The van der Waals surface area contributed by atoms with E-state index in [0.29, 0.717) is 12.3 Å². The molecule has 0 saturated carbocycles. The van der Waals surface area contributed by atoms with Crippen molar-refractivity contribution >= 4 is 5.78 Å². The fourth-order valence-corrected chi connectivity index (χ4v) is 2.95. The maximum atomic E-state index is 12.1. The third kappa shape index (κ3) is 7.03. The first-order valence-corrected chi connectivity index (χ1v) is 8.85. The number of aryl methyl sites for hydroxylation is 2. The van der Waals surface area contributed by atoms with Crippen molar-refractivity contribution in [3.8, 4) is 0 Å². The maximum Gasteiger partial charge on any atom is 0.155 e. The molecule has 0 spiro atoms. The summed E-state index contributed by atoms with van der Waals surface area (Å²) >= 11 is 0. The van der Waals surface area contributed by atoms with E-state index in [2.05, 4.69) is 13.8 Å². The van der Waals surface area contributed by atoms with Gasteiger partial charge in [0.05, 0.1) is 25.1 Å². The summed E-state index contributed by atoms with van der Waals surface area (Å²) in [4.78, 5) is 12.1. The third-order valence-corrected chi connectivity index (χ3v) is 4.32. The molecule has 1 unspecified atom stereocenters. The van der Waals surface area contributed by atoms with Gasteiger partial charge in [0.25, 0.3) is 0 Å². The van der Waals surface area contributed by atoms with Crippen LogP contribution in [-0.2, 0) is 17.6 Å². The van der Waals surface area contributed by atoms with E-state index >= 15 is 0 Å². The third-order valence-electron chi connectivity index (χ3n) is 4.32. The molecule has 130 valence electrons. The number of carbonyl (C=O) groups excluding carboxylic acids is 1. The SMILES string of the molecule is CC(=CC(=O)CC(C)CCCc1ccoc1)CCCc1ccoc1. The van der Waals surface area contributed by atoms with Gasteiger partial charge >= 0.3 is 0 Å². The summed E-state index contributed by atoms with van der Waals surface area (Å²) in [6.45, 7) is 4.21. The van der Waals surface area contributed by atoms with Gasteiger partial charge in [0.15, 0.2) is 5.78 Å². The molecule has 0 saturated heterocycles. The Hall–Kier alpha value is -2.03. The van der Waals surface area contributed by atoms with Crippen LogP contribution in [0, 0.1) is 5.92 Å². The molecule has 0 aromatic carbocycles. The Kier molecular flexibility index (Phi) is 7.60. The molecule has 0 amide bonds. The molecule has 3 heteroatoms. The predicted molar refractivity (Wildman–Crippen MR) is 95.8 cm³/mol. The number of carbonyl (C=O) groups is 1. The van der Waals surface area contributed by atoms with Crippen LogP contribution in [0.5, 0.6) is 0 Å². The summed E-state index contributed by atoms with van der Waals surface area (Å²) in [5.74, 6) is 0.686. The van der Waals surface area contributed by atoms with Crippen molar-refractivity contribution in [2.24, 2.45) is 5.92 Å². The topological polar surface area (TPSA) is 43.4 Å². The second-order valence-electron chi connectivity index (χ2n) is 6.78. The number of furan rings is 2. The highest BCUT2D eigenvalue weighted by Gasteiger charge is 2.08. The summed E-state index contributed by atoms with van der Waals surface area (Å²) in [5, 5.41) is 0. The highest BCUT2D eigenvalue weighted by molar-refractivity contribution is 5.90. The van der Waals surface area contributed by atoms with Crippen LogP contribution in [0.25, 0.3) is 0 Å². The van der Waals surface area contributed by atoms with E-state index in [1.807, 2.05) is 18.2 Å². The molecular formula is C21H28O3. The Morgan fingerprint density at radius 1 is 1.08 bits per heavy atom. The Balaban J connectivity index is 1.61. The average molecular weight is 328 g/mol. The molecule has 0 bridgehead atoms. The van der Waals surface area contributed by atoms with Gasteiger partial charge in [-0.3, -0.25) is 4.79 Å². The van der Waals surface area contributed by atoms with E-state index < -0.39 is 0 Å². The van der Waals surface area contributed by atoms with Crippen LogP contribution in [0.3, 0.4) is 0 Å². The van der Waals surface area contributed by atoms with Gasteiger partial charge in [-0.1, -0.05) is 12.5 Å². The summed E-state index contributed by atoms with van der Waals surface area (Å²) in [6, 6.07) is 4.00. The normalized spacial score (nSPS) is 13.2. The van der Waals surface area contributed by atoms with E-state index in [4.69, 9.17) is 8.83 Å². The molecule has 24 heavy (non-hydrogen) atoms. The molecule has 0 aliphatic heterocycles. The number of hydrogen-bond acceptors (Lipinski definition) is 3. The molecule has 2 aromatic rings. The van der Waals surface area contributed by atoms with Crippen LogP contribution in [-0.4, -0.2) is 5.78 Å². The van der Waals surface area contributed by atoms with Gasteiger partial charge in [-0.15, -0.1) is 0 Å². The first-order chi connectivity index (χ1) is 11.6. The van der Waals surface area contributed by atoms with Gasteiger partial charge in [-0.2, -0.15) is 0 Å². The molecule has 0 radical (unpaired) electrons.